The zero-order chi connectivity index (χ0) is 20.7. The van der Waals surface area contributed by atoms with E-state index in [0.717, 1.165) is 16.6 Å². The van der Waals surface area contributed by atoms with Gasteiger partial charge in [0, 0.05) is 54.8 Å². The van der Waals surface area contributed by atoms with E-state index in [1.54, 1.807) is 6.08 Å². The van der Waals surface area contributed by atoms with Gasteiger partial charge in [-0.3, -0.25) is 4.79 Å². The lowest BCUT2D eigenvalue weighted by atomic mass is 9.99. The van der Waals surface area contributed by atoms with Crippen LogP contribution in [-0.4, -0.2) is 38.9 Å². The summed E-state index contributed by atoms with van der Waals surface area (Å²) in [6.45, 7) is 5.31. The van der Waals surface area contributed by atoms with E-state index in [2.05, 4.69) is 21.4 Å². The summed E-state index contributed by atoms with van der Waals surface area (Å²) in [7, 11) is 1.97. The van der Waals surface area contributed by atoms with Crippen LogP contribution in [0.2, 0.25) is 0 Å². The van der Waals surface area contributed by atoms with Gasteiger partial charge in [-0.1, -0.05) is 6.08 Å². The average molecular weight is 432 g/mol. The lowest BCUT2D eigenvalue weighted by Crippen LogP contribution is -2.20. The number of aromatic amines is 1. The number of benzene rings is 1. The topological polar surface area (TPSA) is 117 Å². The molecule has 0 amide bonds. The molecule has 30 heavy (non-hydrogen) atoms. The number of rotatable bonds is 5. The normalized spacial score (nSPS) is 12.3. The van der Waals surface area contributed by atoms with Crippen LogP contribution in [0.5, 0.6) is 11.5 Å². The molecule has 158 valence electrons. The third-order valence-corrected chi connectivity index (χ3v) is 5.22. The minimum absolute atomic E-state index is 0. The van der Waals surface area contributed by atoms with Crippen molar-refractivity contribution in [3.05, 3.63) is 58.0 Å². The Balaban J connectivity index is 0.00000256. The number of H-pyrrole nitrogens is 1. The Morgan fingerprint density at radius 3 is 2.87 bits per heavy atom. The predicted molar refractivity (Wildman–Crippen MR) is 116 cm³/mol. The maximum Gasteiger partial charge on any atom is 0.345 e. The first kappa shape index (κ1) is 21.5. The molecule has 0 fully saturated rings. The number of aryl methyl sites for hydroxylation is 1. The predicted octanol–water partition coefficient (Wildman–Crippen LogP) is 2.57. The third kappa shape index (κ3) is 3.44. The maximum atomic E-state index is 12.3. The number of aromatic nitrogens is 2. The van der Waals surface area contributed by atoms with Crippen molar-refractivity contribution in [2.75, 3.05) is 13.2 Å². The van der Waals surface area contributed by atoms with E-state index in [1.165, 1.54) is 0 Å². The third-order valence-electron chi connectivity index (χ3n) is 5.22. The van der Waals surface area contributed by atoms with Crippen molar-refractivity contribution in [2.24, 2.45) is 7.05 Å². The molecule has 9 heteroatoms. The van der Waals surface area contributed by atoms with Crippen LogP contribution < -0.4 is 15.6 Å². The second kappa shape index (κ2) is 8.25. The highest BCUT2D eigenvalue weighted by molar-refractivity contribution is 5.94. The van der Waals surface area contributed by atoms with E-state index >= 15 is 0 Å². The molecular formula is C21H22ClN3O5. The summed E-state index contributed by atoms with van der Waals surface area (Å²) in [4.78, 5) is 26.3. The van der Waals surface area contributed by atoms with Gasteiger partial charge in [-0.2, -0.15) is 0 Å². The van der Waals surface area contributed by atoms with Crippen LogP contribution >= 0.6 is 12.4 Å². The highest BCUT2D eigenvalue weighted by atomic mass is 35.5. The number of hydrogen-bond acceptors (Lipinski definition) is 5. The monoisotopic (exact) mass is 431 g/mol. The molecule has 0 saturated heterocycles. The van der Waals surface area contributed by atoms with Crippen LogP contribution in [0.4, 0.5) is 0 Å². The van der Waals surface area contributed by atoms with Crippen LogP contribution in [0.3, 0.4) is 0 Å². The number of hydrogen-bond donors (Lipinski definition) is 4. The summed E-state index contributed by atoms with van der Waals surface area (Å²) in [5, 5.41) is 23.9. The molecule has 8 nitrogen and oxygen atoms in total. The molecule has 0 saturated carbocycles. The number of fused-ring (bicyclic) bond motifs is 4. The lowest BCUT2D eigenvalue weighted by molar-refractivity contribution is 0.0691. The molecule has 0 bridgehead atoms. The number of carbonyl (C=O) groups is 1. The van der Waals surface area contributed by atoms with Gasteiger partial charge < -0.3 is 29.8 Å². The Hall–Kier alpha value is -3.23. The Kier molecular flexibility index (Phi) is 5.91. The van der Waals surface area contributed by atoms with Crippen LogP contribution in [0.15, 0.2) is 35.6 Å². The standard InChI is InChI=1S/C21H21N3O5.ClH/c1-3-5-22-10-12-7-11-8-14-16(9-15(11)24(12)2)29-6-4-13-18(14)23-20(26)17(19(13)25)21(27)28;/h3,7-9,22H,1,4-6,10H2,2H3,(H,27,28)(H2,23,25,26);1H. The molecule has 3 aromatic rings. The first-order chi connectivity index (χ1) is 13.9. The molecule has 4 N–H and O–H groups in total. The minimum atomic E-state index is -1.47. The first-order valence-corrected chi connectivity index (χ1v) is 9.21. The van der Waals surface area contributed by atoms with E-state index in [1.807, 2.05) is 25.2 Å². The van der Waals surface area contributed by atoms with Crippen molar-refractivity contribution in [3.8, 4) is 22.8 Å². The van der Waals surface area contributed by atoms with E-state index in [9.17, 15) is 19.8 Å². The van der Waals surface area contributed by atoms with Gasteiger partial charge in [-0.15, -0.1) is 19.0 Å². The van der Waals surface area contributed by atoms with Crippen molar-refractivity contribution < 1.29 is 19.7 Å². The van der Waals surface area contributed by atoms with Crippen LogP contribution in [-0.2, 0) is 20.0 Å². The number of pyridine rings is 1. The van der Waals surface area contributed by atoms with Crippen molar-refractivity contribution in [1.82, 2.24) is 14.9 Å². The Bertz CT molecular complexity index is 1210. The fourth-order valence-corrected chi connectivity index (χ4v) is 3.77. The fraction of sp³-hybridized carbons (Fsp3) is 0.238. The van der Waals surface area contributed by atoms with Gasteiger partial charge >= 0.3 is 5.97 Å². The van der Waals surface area contributed by atoms with Gasteiger partial charge in [-0.25, -0.2) is 4.79 Å². The number of carboxylic acids is 1. The smallest absolute Gasteiger partial charge is 0.345 e. The second-order valence-corrected chi connectivity index (χ2v) is 6.96. The number of carboxylic acid groups (broad SMARTS) is 1. The number of ether oxygens (including phenoxy) is 1. The number of aromatic carboxylic acids is 1. The number of nitrogens with one attached hydrogen (secondary N) is 2. The van der Waals surface area contributed by atoms with Gasteiger partial charge in [0.15, 0.2) is 5.56 Å². The van der Waals surface area contributed by atoms with E-state index < -0.39 is 22.8 Å². The quantitative estimate of drug-likeness (QED) is 0.364. The maximum absolute atomic E-state index is 12.3. The fourth-order valence-electron chi connectivity index (χ4n) is 3.77. The highest BCUT2D eigenvalue weighted by Crippen LogP contribution is 2.40. The highest BCUT2D eigenvalue weighted by Gasteiger charge is 2.26. The van der Waals surface area contributed by atoms with Gasteiger partial charge in [0.2, 0.25) is 0 Å². The van der Waals surface area contributed by atoms with Crippen LogP contribution in [0.25, 0.3) is 22.2 Å². The van der Waals surface area contributed by atoms with E-state index in [-0.39, 0.29) is 25.4 Å². The molecule has 3 heterocycles. The molecule has 0 unspecified atom stereocenters. The lowest BCUT2D eigenvalue weighted by Gasteiger charge is -2.12. The first-order valence-electron chi connectivity index (χ1n) is 9.21. The summed E-state index contributed by atoms with van der Waals surface area (Å²) in [6, 6.07) is 5.83. The Morgan fingerprint density at radius 1 is 1.40 bits per heavy atom. The molecule has 4 rings (SSSR count). The summed E-state index contributed by atoms with van der Waals surface area (Å²) < 4.78 is 7.94. The van der Waals surface area contributed by atoms with Gasteiger partial charge in [0.25, 0.3) is 5.56 Å². The molecule has 0 aliphatic carbocycles. The van der Waals surface area contributed by atoms with Gasteiger partial charge in [0.1, 0.15) is 11.5 Å². The molecule has 0 atom stereocenters. The second-order valence-electron chi connectivity index (χ2n) is 6.96. The zero-order valence-electron chi connectivity index (χ0n) is 16.3. The zero-order valence-corrected chi connectivity index (χ0v) is 17.1. The molecule has 2 aromatic heterocycles. The Morgan fingerprint density at radius 2 is 2.17 bits per heavy atom. The summed E-state index contributed by atoms with van der Waals surface area (Å²) >= 11 is 0. The summed E-state index contributed by atoms with van der Waals surface area (Å²) in [6.07, 6.45) is 2.07. The van der Waals surface area contributed by atoms with Crippen molar-refractivity contribution in [2.45, 2.75) is 13.0 Å². The van der Waals surface area contributed by atoms with Crippen LogP contribution in [0, 0.1) is 0 Å². The van der Waals surface area contributed by atoms with Gasteiger partial charge in [0.05, 0.1) is 17.8 Å². The number of halogens is 1. The van der Waals surface area contributed by atoms with Crippen molar-refractivity contribution >= 4 is 29.3 Å². The largest absolute Gasteiger partial charge is 0.506 e. The van der Waals surface area contributed by atoms with Crippen molar-refractivity contribution in [1.29, 1.82) is 0 Å². The van der Waals surface area contributed by atoms with E-state index in [0.29, 0.717) is 35.7 Å². The van der Waals surface area contributed by atoms with Gasteiger partial charge in [-0.05, 0) is 12.1 Å². The SMILES string of the molecule is C=CCNCc1cc2cc3c(cc2n1C)OCCc1c-3[nH]c(=O)c(C(=O)O)c1O.Cl. The average Bonchev–Trinajstić information content (AvgIpc) is 2.86. The molecule has 1 aliphatic rings. The molecular weight excluding hydrogens is 410 g/mol. The summed E-state index contributed by atoms with van der Waals surface area (Å²) in [5.74, 6) is -1.40. The van der Waals surface area contributed by atoms with E-state index in [4.69, 9.17) is 4.74 Å². The minimum Gasteiger partial charge on any atom is -0.506 e. The van der Waals surface area contributed by atoms with Crippen molar-refractivity contribution in [3.63, 3.8) is 0 Å². The number of aromatic hydroxyl groups is 1. The molecule has 0 radical (unpaired) electrons. The molecule has 1 aromatic carbocycles. The Labute approximate surface area is 178 Å². The van der Waals surface area contributed by atoms with Crippen LogP contribution in [0.1, 0.15) is 21.6 Å². The summed E-state index contributed by atoms with van der Waals surface area (Å²) in [5.41, 5.74) is 1.92. The molecule has 0 spiro atoms. The molecule has 1 aliphatic heterocycles. The number of nitrogens with zero attached hydrogens (tertiary/aromatic N) is 1.